The molecule has 0 saturated carbocycles. The van der Waals surface area contributed by atoms with Gasteiger partial charge in [0.25, 0.3) is 0 Å². The molecule has 150 valence electrons. The van der Waals surface area contributed by atoms with E-state index < -0.39 is 11.7 Å². The minimum atomic E-state index is -4.42. The molecule has 1 atom stereocenters. The lowest BCUT2D eigenvalue weighted by Gasteiger charge is -2.14. The van der Waals surface area contributed by atoms with E-state index in [2.05, 4.69) is 10.1 Å². The van der Waals surface area contributed by atoms with Gasteiger partial charge in [-0.05, 0) is 36.2 Å². The van der Waals surface area contributed by atoms with E-state index in [-0.39, 0.29) is 35.9 Å². The van der Waals surface area contributed by atoms with E-state index in [0.717, 1.165) is 17.7 Å². The third-order valence-corrected chi connectivity index (χ3v) is 4.83. The van der Waals surface area contributed by atoms with Crippen molar-refractivity contribution in [2.75, 3.05) is 6.54 Å². The van der Waals surface area contributed by atoms with Gasteiger partial charge in [0.15, 0.2) is 0 Å². The van der Waals surface area contributed by atoms with Crippen molar-refractivity contribution in [2.24, 2.45) is 0 Å². The summed E-state index contributed by atoms with van der Waals surface area (Å²) in [5.74, 6) is -0.500. The Kier molecular flexibility index (Phi) is 4.81. The zero-order chi connectivity index (χ0) is 20.6. The summed E-state index contributed by atoms with van der Waals surface area (Å²) in [6.45, 7) is 0.586. The molecule has 0 N–H and O–H groups in total. The van der Waals surface area contributed by atoms with E-state index in [1.807, 2.05) is 0 Å². The molecule has 1 aliphatic heterocycles. The number of carbonyl (C=O) groups is 1. The van der Waals surface area contributed by atoms with Crippen molar-refractivity contribution < 1.29 is 26.9 Å². The van der Waals surface area contributed by atoms with Crippen molar-refractivity contribution in [3.05, 3.63) is 71.4 Å². The molecule has 1 saturated heterocycles. The van der Waals surface area contributed by atoms with Crippen LogP contribution in [0.5, 0.6) is 0 Å². The Morgan fingerprint density at radius 2 is 1.76 bits per heavy atom. The molecule has 0 radical (unpaired) electrons. The number of hydrogen-bond acceptors (Lipinski definition) is 4. The topological polar surface area (TPSA) is 59.2 Å². The van der Waals surface area contributed by atoms with E-state index in [1.165, 1.54) is 24.3 Å². The van der Waals surface area contributed by atoms with Crippen LogP contribution in [0.3, 0.4) is 0 Å². The van der Waals surface area contributed by atoms with Crippen LogP contribution in [0.4, 0.5) is 17.6 Å². The number of halogens is 4. The number of benzene rings is 2. The van der Waals surface area contributed by atoms with Crippen LogP contribution in [-0.4, -0.2) is 27.5 Å². The number of rotatable bonds is 4. The molecule has 9 heteroatoms. The molecular weight excluding hydrogens is 390 g/mol. The number of alkyl halides is 3. The zero-order valence-electron chi connectivity index (χ0n) is 15.0. The van der Waals surface area contributed by atoms with Gasteiger partial charge in [0.1, 0.15) is 12.4 Å². The normalized spacial score (nSPS) is 17.2. The van der Waals surface area contributed by atoms with Gasteiger partial charge >= 0.3 is 6.18 Å². The highest BCUT2D eigenvalue weighted by molar-refractivity contribution is 5.85. The monoisotopic (exact) mass is 405 g/mol. The summed E-state index contributed by atoms with van der Waals surface area (Å²) < 4.78 is 56.2. The van der Waals surface area contributed by atoms with E-state index in [1.54, 1.807) is 17.0 Å². The molecule has 1 aliphatic rings. The van der Waals surface area contributed by atoms with Crippen LogP contribution in [0.2, 0.25) is 0 Å². The molecule has 5 nitrogen and oxygen atoms in total. The van der Waals surface area contributed by atoms with E-state index in [0.29, 0.717) is 18.5 Å². The average Bonchev–Trinajstić information content (AvgIpc) is 3.30. The van der Waals surface area contributed by atoms with Crippen LogP contribution in [-0.2, 0) is 17.5 Å². The first kappa shape index (κ1) is 19.1. The third kappa shape index (κ3) is 3.98. The fourth-order valence-corrected chi connectivity index (χ4v) is 3.31. The Bertz CT molecular complexity index is 1010. The second-order valence-corrected chi connectivity index (χ2v) is 6.74. The minimum absolute atomic E-state index is 0.101. The first-order valence-corrected chi connectivity index (χ1v) is 8.86. The molecule has 4 rings (SSSR count). The van der Waals surface area contributed by atoms with Crippen molar-refractivity contribution in [1.82, 2.24) is 15.0 Å². The van der Waals surface area contributed by atoms with Gasteiger partial charge < -0.3 is 9.42 Å². The Morgan fingerprint density at radius 3 is 2.41 bits per heavy atom. The predicted octanol–water partition coefficient (Wildman–Crippen LogP) is 4.41. The van der Waals surface area contributed by atoms with Crippen molar-refractivity contribution in [2.45, 2.75) is 25.1 Å². The lowest BCUT2D eigenvalue weighted by molar-refractivity contribution is -0.137. The van der Waals surface area contributed by atoms with Crippen LogP contribution in [0.25, 0.3) is 11.4 Å². The van der Waals surface area contributed by atoms with Crippen molar-refractivity contribution >= 4 is 5.91 Å². The molecule has 1 amide bonds. The Balaban J connectivity index is 1.44. The Hall–Kier alpha value is -3.23. The molecule has 1 aromatic heterocycles. The maximum absolute atomic E-state index is 13.1. The van der Waals surface area contributed by atoms with Crippen molar-refractivity contribution in [3.8, 4) is 11.4 Å². The van der Waals surface area contributed by atoms with Crippen molar-refractivity contribution in [1.29, 1.82) is 0 Å². The maximum atomic E-state index is 13.1. The van der Waals surface area contributed by atoms with E-state index in [9.17, 15) is 22.4 Å². The summed E-state index contributed by atoms with van der Waals surface area (Å²) in [5.41, 5.74) is 0.360. The summed E-state index contributed by atoms with van der Waals surface area (Å²) in [5, 5.41) is 3.79. The molecule has 29 heavy (non-hydrogen) atoms. The number of aromatic nitrogens is 2. The van der Waals surface area contributed by atoms with Gasteiger partial charge in [-0.3, -0.25) is 4.79 Å². The van der Waals surface area contributed by atoms with Gasteiger partial charge in [-0.1, -0.05) is 29.4 Å². The quantitative estimate of drug-likeness (QED) is 0.604. The second-order valence-electron chi connectivity index (χ2n) is 6.74. The van der Waals surface area contributed by atoms with Gasteiger partial charge in [-0.15, -0.1) is 0 Å². The van der Waals surface area contributed by atoms with Gasteiger partial charge in [0.05, 0.1) is 11.5 Å². The second kappa shape index (κ2) is 7.31. The largest absolute Gasteiger partial charge is 0.416 e. The molecule has 2 aromatic carbocycles. The van der Waals surface area contributed by atoms with Crippen LogP contribution < -0.4 is 0 Å². The van der Waals surface area contributed by atoms with Crippen molar-refractivity contribution in [3.63, 3.8) is 0 Å². The summed E-state index contributed by atoms with van der Waals surface area (Å²) in [7, 11) is 0. The molecule has 1 unspecified atom stereocenters. The fraction of sp³-hybridized carbons (Fsp3) is 0.250. The lowest BCUT2D eigenvalue weighted by atomic mass is 9.98. The molecule has 0 aliphatic carbocycles. The predicted molar refractivity (Wildman–Crippen MR) is 93.9 cm³/mol. The van der Waals surface area contributed by atoms with E-state index >= 15 is 0 Å². The molecule has 3 aromatic rings. The van der Waals surface area contributed by atoms with Crippen LogP contribution >= 0.6 is 0 Å². The number of nitrogens with zero attached hydrogens (tertiary/aromatic N) is 3. The third-order valence-electron chi connectivity index (χ3n) is 4.83. The minimum Gasteiger partial charge on any atom is -0.337 e. The number of hydrogen-bond donors (Lipinski definition) is 0. The lowest BCUT2D eigenvalue weighted by Crippen LogP contribution is -2.26. The fourth-order valence-electron chi connectivity index (χ4n) is 3.31. The standard InChI is InChI=1S/C20H15F4N3O2/c21-15-7-3-12(4-8-15)16-9-10-27(19(16)28)11-17-25-18(26-29-17)13-1-5-14(6-2-13)20(22,23)24/h1-8,16H,9-11H2. The molecule has 2 heterocycles. The van der Waals surface area contributed by atoms with Gasteiger partial charge in [-0.2, -0.15) is 18.2 Å². The van der Waals surface area contributed by atoms with Crippen LogP contribution in [0.1, 0.15) is 29.4 Å². The average molecular weight is 405 g/mol. The highest BCUT2D eigenvalue weighted by Gasteiger charge is 2.34. The van der Waals surface area contributed by atoms with Crippen LogP contribution in [0, 0.1) is 5.82 Å². The Labute approximate surface area is 162 Å². The van der Waals surface area contributed by atoms with Gasteiger partial charge in [0.2, 0.25) is 17.6 Å². The Morgan fingerprint density at radius 1 is 1.07 bits per heavy atom. The van der Waals surface area contributed by atoms with Gasteiger partial charge in [-0.25, -0.2) is 4.39 Å². The SMILES string of the molecule is O=C1C(c2ccc(F)cc2)CCN1Cc1nc(-c2ccc(C(F)(F)F)cc2)no1. The summed E-state index contributed by atoms with van der Waals surface area (Å²) in [6.07, 6.45) is -3.83. The number of amides is 1. The highest BCUT2D eigenvalue weighted by Crippen LogP contribution is 2.31. The van der Waals surface area contributed by atoms with Gasteiger partial charge in [0, 0.05) is 12.1 Å². The first-order chi connectivity index (χ1) is 13.8. The van der Waals surface area contributed by atoms with E-state index in [4.69, 9.17) is 4.52 Å². The smallest absolute Gasteiger partial charge is 0.337 e. The molecule has 0 spiro atoms. The molecule has 0 bridgehead atoms. The maximum Gasteiger partial charge on any atom is 0.416 e. The molecular formula is C20H15F4N3O2. The highest BCUT2D eigenvalue weighted by atomic mass is 19.4. The van der Waals surface area contributed by atoms with Crippen LogP contribution in [0.15, 0.2) is 53.1 Å². The summed E-state index contributed by atoms with van der Waals surface area (Å²) in [4.78, 5) is 18.4. The summed E-state index contributed by atoms with van der Waals surface area (Å²) >= 11 is 0. The molecule has 1 fully saturated rings. The number of carbonyl (C=O) groups excluding carboxylic acids is 1. The number of likely N-dealkylation sites (tertiary alicyclic amines) is 1. The summed E-state index contributed by atoms with van der Waals surface area (Å²) in [6, 6.07) is 10.3. The first-order valence-electron chi connectivity index (χ1n) is 8.86. The zero-order valence-corrected chi connectivity index (χ0v) is 15.0.